The maximum Gasteiger partial charge on any atom is 0.130 e. The summed E-state index contributed by atoms with van der Waals surface area (Å²) in [5.74, 6) is 2.16. The molecule has 4 nitrogen and oxygen atoms in total. The standard InChI is InChI=1S/C25H36N2O2/c1-8-14-25(6,28-10-3)20-12-11-13-21(17-20)29-23-16-18(4)22(15-19(23)5)24(26)27(7)9-2/h11-13,15-17,26H,8-10,14H2,1-7H3. The van der Waals surface area contributed by atoms with Crippen LogP contribution in [0.2, 0.25) is 0 Å². The van der Waals surface area contributed by atoms with Crippen LogP contribution in [0.4, 0.5) is 0 Å². The minimum Gasteiger partial charge on any atom is -0.457 e. The van der Waals surface area contributed by atoms with Gasteiger partial charge in [0.25, 0.3) is 0 Å². The fraction of sp³-hybridized carbons (Fsp3) is 0.480. The van der Waals surface area contributed by atoms with Crippen molar-refractivity contribution < 1.29 is 9.47 Å². The number of benzene rings is 2. The fourth-order valence-electron chi connectivity index (χ4n) is 3.63. The Kier molecular flexibility index (Phi) is 7.86. The van der Waals surface area contributed by atoms with Crippen molar-refractivity contribution in [2.75, 3.05) is 20.2 Å². The Morgan fingerprint density at radius 3 is 2.41 bits per heavy atom. The summed E-state index contributed by atoms with van der Waals surface area (Å²) >= 11 is 0. The van der Waals surface area contributed by atoms with Gasteiger partial charge in [-0.15, -0.1) is 0 Å². The third-order valence-corrected chi connectivity index (χ3v) is 5.50. The third kappa shape index (κ3) is 5.39. The van der Waals surface area contributed by atoms with E-state index in [1.54, 1.807) is 0 Å². The van der Waals surface area contributed by atoms with Crippen molar-refractivity contribution in [3.8, 4) is 11.5 Å². The summed E-state index contributed by atoms with van der Waals surface area (Å²) in [6.07, 6.45) is 2.02. The van der Waals surface area contributed by atoms with E-state index in [0.717, 1.165) is 53.1 Å². The zero-order chi connectivity index (χ0) is 21.6. The van der Waals surface area contributed by atoms with E-state index in [-0.39, 0.29) is 5.60 Å². The highest BCUT2D eigenvalue weighted by Crippen LogP contribution is 2.35. The summed E-state index contributed by atoms with van der Waals surface area (Å²) in [5.41, 5.74) is 3.83. The molecular weight excluding hydrogens is 360 g/mol. The van der Waals surface area contributed by atoms with Crippen molar-refractivity contribution in [2.24, 2.45) is 0 Å². The maximum atomic E-state index is 8.41. The molecule has 0 fully saturated rings. The first-order valence-electron chi connectivity index (χ1n) is 10.6. The van der Waals surface area contributed by atoms with Gasteiger partial charge in [0.2, 0.25) is 0 Å². The van der Waals surface area contributed by atoms with Gasteiger partial charge in [0.15, 0.2) is 0 Å². The first-order valence-corrected chi connectivity index (χ1v) is 10.6. The number of nitrogens with zero attached hydrogens (tertiary/aromatic N) is 1. The minimum atomic E-state index is -0.308. The van der Waals surface area contributed by atoms with Gasteiger partial charge in [0, 0.05) is 25.8 Å². The molecule has 0 aliphatic carbocycles. The summed E-state index contributed by atoms with van der Waals surface area (Å²) in [7, 11) is 1.94. The number of aryl methyl sites for hydroxylation is 2. The van der Waals surface area contributed by atoms with E-state index in [4.69, 9.17) is 14.9 Å². The molecule has 2 aromatic rings. The van der Waals surface area contributed by atoms with Crippen molar-refractivity contribution in [1.82, 2.24) is 4.90 Å². The second kappa shape index (κ2) is 9.93. The van der Waals surface area contributed by atoms with E-state index in [0.29, 0.717) is 12.4 Å². The van der Waals surface area contributed by atoms with Crippen LogP contribution >= 0.6 is 0 Å². The first kappa shape index (κ1) is 23.0. The predicted molar refractivity (Wildman–Crippen MR) is 121 cm³/mol. The van der Waals surface area contributed by atoms with E-state index >= 15 is 0 Å². The number of nitrogens with one attached hydrogen (secondary N) is 1. The second-order valence-electron chi connectivity index (χ2n) is 7.84. The predicted octanol–water partition coefficient (Wildman–Crippen LogP) is 6.42. The molecule has 0 saturated heterocycles. The highest BCUT2D eigenvalue weighted by Gasteiger charge is 2.26. The van der Waals surface area contributed by atoms with Gasteiger partial charge in [-0.05, 0) is 82.0 Å². The summed E-state index contributed by atoms with van der Waals surface area (Å²) in [6.45, 7) is 14.0. The van der Waals surface area contributed by atoms with Crippen molar-refractivity contribution in [1.29, 1.82) is 5.41 Å². The van der Waals surface area contributed by atoms with Crippen LogP contribution in [0, 0.1) is 19.3 Å². The van der Waals surface area contributed by atoms with E-state index in [9.17, 15) is 0 Å². The summed E-state index contributed by atoms with van der Waals surface area (Å²) < 4.78 is 12.4. The molecule has 0 spiro atoms. The van der Waals surface area contributed by atoms with Gasteiger partial charge in [-0.25, -0.2) is 0 Å². The van der Waals surface area contributed by atoms with Crippen molar-refractivity contribution >= 4 is 5.84 Å². The van der Waals surface area contributed by atoms with E-state index < -0.39 is 0 Å². The monoisotopic (exact) mass is 396 g/mol. The molecular formula is C25H36N2O2. The lowest BCUT2D eigenvalue weighted by Gasteiger charge is -2.30. The average Bonchev–Trinajstić information content (AvgIpc) is 2.70. The Hall–Kier alpha value is -2.33. The van der Waals surface area contributed by atoms with Gasteiger partial charge < -0.3 is 14.4 Å². The van der Waals surface area contributed by atoms with Gasteiger partial charge in [0.05, 0.1) is 5.60 Å². The van der Waals surface area contributed by atoms with Crippen molar-refractivity contribution in [3.05, 3.63) is 58.7 Å². The Labute approximate surface area is 176 Å². The van der Waals surface area contributed by atoms with Gasteiger partial charge in [-0.3, -0.25) is 5.41 Å². The number of ether oxygens (including phenoxy) is 2. The van der Waals surface area contributed by atoms with Crippen LogP contribution in [0.25, 0.3) is 0 Å². The van der Waals surface area contributed by atoms with Gasteiger partial charge >= 0.3 is 0 Å². The highest BCUT2D eigenvalue weighted by atomic mass is 16.5. The molecule has 4 heteroatoms. The van der Waals surface area contributed by atoms with Crippen LogP contribution in [-0.2, 0) is 10.3 Å². The molecule has 0 heterocycles. The van der Waals surface area contributed by atoms with Crippen LogP contribution in [0.3, 0.4) is 0 Å². The average molecular weight is 397 g/mol. The van der Waals surface area contributed by atoms with Gasteiger partial charge in [-0.1, -0.05) is 25.5 Å². The third-order valence-electron chi connectivity index (χ3n) is 5.50. The number of hydrogen-bond acceptors (Lipinski definition) is 3. The Morgan fingerprint density at radius 1 is 1.07 bits per heavy atom. The number of rotatable bonds is 9. The molecule has 0 aliphatic heterocycles. The molecule has 0 amide bonds. The molecule has 0 bridgehead atoms. The Balaban J connectivity index is 2.33. The van der Waals surface area contributed by atoms with Crippen LogP contribution in [0.1, 0.15) is 62.8 Å². The Morgan fingerprint density at radius 2 is 1.79 bits per heavy atom. The number of hydrogen-bond donors (Lipinski definition) is 1. The quantitative estimate of drug-likeness (QED) is 0.393. The highest BCUT2D eigenvalue weighted by molar-refractivity contribution is 5.98. The SMILES string of the molecule is CCCC(C)(OCC)c1cccc(Oc2cc(C)c(C(=N)N(C)CC)cc2C)c1. The summed E-state index contributed by atoms with van der Waals surface area (Å²) in [6, 6.07) is 12.3. The Bertz CT molecular complexity index is 839. The molecule has 1 atom stereocenters. The molecule has 2 rings (SSSR count). The van der Waals surface area contributed by atoms with Gasteiger partial charge in [-0.2, -0.15) is 0 Å². The molecule has 0 saturated carbocycles. The smallest absolute Gasteiger partial charge is 0.130 e. The molecule has 158 valence electrons. The van der Waals surface area contributed by atoms with Crippen molar-refractivity contribution in [2.45, 2.75) is 60.0 Å². The molecule has 0 radical (unpaired) electrons. The normalized spacial score (nSPS) is 13.1. The largest absolute Gasteiger partial charge is 0.457 e. The molecule has 0 aliphatic rings. The molecule has 0 aromatic heterocycles. The van der Waals surface area contributed by atoms with Crippen LogP contribution < -0.4 is 4.74 Å². The second-order valence-corrected chi connectivity index (χ2v) is 7.84. The van der Waals surface area contributed by atoms with E-state index in [1.807, 2.05) is 57.0 Å². The molecule has 29 heavy (non-hydrogen) atoms. The summed E-state index contributed by atoms with van der Waals surface area (Å²) in [5, 5.41) is 8.41. The zero-order valence-corrected chi connectivity index (χ0v) is 19.1. The van der Waals surface area contributed by atoms with E-state index in [2.05, 4.69) is 32.9 Å². The maximum absolute atomic E-state index is 8.41. The molecule has 1 unspecified atom stereocenters. The van der Waals surface area contributed by atoms with Crippen molar-refractivity contribution in [3.63, 3.8) is 0 Å². The lowest BCUT2D eigenvalue weighted by Crippen LogP contribution is -2.27. The first-order chi connectivity index (χ1) is 13.8. The lowest BCUT2D eigenvalue weighted by atomic mass is 9.91. The minimum absolute atomic E-state index is 0.308. The molecule has 2 aromatic carbocycles. The van der Waals surface area contributed by atoms with Gasteiger partial charge in [0.1, 0.15) is 17.3 Å². The van der Waals surface area contributed by atoms with E-state index in [1.165, 1.54) is 0 Å². The van der Waals surface area contributed by atoms with Crippen LogP contribution in [-0.4, -0.2) is 30.9 Å². The number of amidine groups is 1. The lowest BCUT2D eigenvalue weighted by molar-refractivity contribution is -0.0364. The summed E-state index contributed by atoms with van der Waals surface area (Å²) in [4.78, 5) is 1.94. The zero-order valence-electron chi connectivity index (χ0n) is 19.1. The topological polar surface area (TPSA) is 45.6 Å². The fourth-order valence-corrected chi connectivity index (χ4v) is 3.63. The van der Waals surface area contributed by atoms with Crippen LogP contribution in [0.5, 0.6) is 11.5 Å². The van der Waals surface area contributed by atoms with Crippen LogP contribution in [0.15, 0.2) is 36.4 Å². The molecule has 1 N–H and O–H groups in total.